The van der Waals surface area contributed by atoms with Crippen LogP contribution in [0.3, 0.4) is 0 Å². The van der Waals surface area contributed by atoms with E-state index in [0.29, 0.717) is 5.56 Å². The summed E-state index contributed by atoms with van der Waals surface area (Å²) in [5.41, 5.74) is 0.309. The molecule has 0 unspecified atom stereocenters. The van der Waals surface area contributed by atoms with Crippen LogP contribution in [0.5, 0.6) is 0 Å². The quantitative estimate of drug-likeness (QED) is 0.398. The first-order chi connectivity index (χ1) is 6.88. The van der Waals surface area contributed by atoms with E-state index < -0.39 is 10.1 Å². The van der Waals surface area contributed by atoms with E-state index in [4.69, 9.17) is 0 Å². The standard InChI is InChI=1S/C9H10O4S2.Zn/c1-6(10)7-3-4-8(14)9(5-7)15(11,12)13-2;/h3-5,14H,1-2H3;. The van der Waals surface area contributed by atoms with Gasteiger partial charge in [-0.1, -0.05) is 6.07 Å². The minimum atomic E-state index is -3.81. The van der Waals surface area contributed by atoms with Crippen LogP contribution in [-0.4, -0.2) is 21.3 Å². The van der Waals surface area contributed by atoms with Crippen molar-refractivity contribution in [3.8, 4) is 0 Å². The van der Waals surface area contributed by atoms with Gasteiger partial charge in [-0.05, 0) is 19.1 Å². The summed E-state index contributed by atoms with van der Waals surface area (Å²) in [7, 11) is -2.75. The van der Waals surface area contributed by atoms with Gasteiger partial charge in [-0.2, -0.15) is 8.42 Å². The van der Waals surface area contributed by atoms with Crippen LogP contribution in [-0.2, 0) is 33.8 Å². The third-order valence-electron chi connectivity index (χ3n) is 1.86. The van der Waals surface area contributed by atoms with Crippen LogP contribution in [0.4, 0.5) is 0 Å². The van der Waals surface area contributed by atoms with Crippen LogP contribution in [0, 0.1) is 0 Å². The first kappa shape index (κ1) is 15.8. The first-order valence-corrected chi connectivity index (χ1v) is 5.88. The second-order valence-electron chi connectivity index (χ2n) is 2.86. The molecule has 0 atom stereocenters. The zero-order valence-corrected chi connectivity index (χ0v) is 13.6. The van der Waals surface area contributed by atoms with Crippen molar-refractivity contribution in [1.82, 2.24) is 0 Å². The number of ketones is 1. The third-order valence-corrected chi connectivity index (χ3v) is 3.71. The molecule has 0 saturated heterocycles. The first-order valence-electron chi connectivity index (χ1n) is 4.03. The molecule has 0 fully saturated rings. The molecule has 0 N–H and O–H groups in total. The van der Waals surface area contributed by atoms with Gasteiger partial charge in [0.25, 0.3) is 10.1 Å². The van der Waals surface area contributed by atoms with Crippen molar-refractivity contribution >= 4 is 28.5 Å². The molecule has 16 heavy (non-hydrogen) atoms. The van der Waals surface area contributed by atoms with Gasteiger partial charge in [0.2, 0.25) is 0 Å². The summed E-state index contributed by atoms with van der Waals surface area (Å²) >= 11 is 3.99. The fraction of sp³-hybridized carbons (Fsp3) is 0.222. The smallest absolute Gasteiger partial charge is 0.295 e. The van der Waals surface area contributed by atoms with Gasteiger partial charge >= 0.3 is 0 Å². The van der Waals surface area contributed by atoms with Gasteiger partial charge in [0, 0.05) is 29.9 Å². The van der Waals surface area contributed by atoms with Crippen molar-refractivity contribution in [2.45, 2.75) is 16.7 Å². The SMILES string of the molecule is COS(=O)(=O)c1cc(C(C)=O)ccc1S.[Zn]. The van der Waals surface area contributed by atoms with Crippen molar-refractivity contribution in [3.63, 3.8) is 0 Å². The van der Waals surface area contributed by atoms with Gasteiger partial charge in [0.05, 0.1) is 7.11 Å². The summed E-state index contributed by atoms with van der Waals surface area (Å²) in [6.45, 7) is 1.36. The molecule has 0 bridgehead atoms. The average molecular weight is 312 g/mol. The number of Topliss-reactive ketones (excluding diaryl/α,β-unsaturated/α-hetero) is 1. The van der Waals surface area contributed by atoms with E-state index in [1.54, 1.807) is 0 Å². The fourth-order valence-corrected chi connectivity index (χ4v) is 2.27. The van der Waals surface area contributed by atoms with Crippen molar-refractivity contribution in [2.75, 3.05) is 7.11 Å². The van der Waals surface area contributed by atoms with Gasteiger partial charge in [-0.25, -0.2) is 0 Å². The fourth-order valence-electron chi connectivity index (χ4n) is 1.02. The van der Waals surface area contributed by atoms with E-state index in [-0.39, 0.29) is 35.1 Å². The van der Waals surface area contributed by atoms with Crippen LogP contribution < -0.4 is 0 Å². The topological polar surface area (TPSA) is 60.4 Å². The van der Waals surface area contributed by atoms with E-state index >= 15 is 0 Å². The molecule has 1 aromatic rings. The number of hydrogen-bond acceptors (Lipinski definition) is 5. The maximum absolute atomic E-state index is 11.4. The summed E-state index contributed by atoms with van der Waals surface area (Å²) in [4.78, 5) is 11.2. The van der Waals surface area contributed by atoms with Crippen LogP contribution in [0.2, 0.25) is 0 Å². The molecule has 84 valence electrons. The molecule has 0 aliphatic carbocycles. The monoisotopic (exact) mass is 310 g/mol. The molecule has 0 radical (unpaired) electrons. The molecule has 4 nitrogen and oxygen atoms in total. The van der Waals surface area contributed by atoms with Crippen molar-refractivity contribution in [3.05, 3.63) is 23.8 Å². The Bertz CT molecular complexity index is 496. The zero-order valence-electron chi connectivity index (χ0n) is 8.93. The maximum atomic E-state index is 11.4. The van der Waals surface area contributed by atoms with E-state index in [1.807, 2.05) is 0 Å². The molecule has 0 aliphatic heterocycles. The predicted molar refractivity (Wildman–Crippen MR) is 57.9 cm³/mol. The number of carbonyl (C=O) groups is 1. The number of thiol groups is 1. The largest absolute Gasteiger partial charge is 0.297 e. The molecule has 0 aromatic heterocycles. The van der Waals surface area contributed by atoms with Gasteiger partial charge in [0.15, 0.2) is 5.78 Å². The van der Waals surface area contributed by atoms with Crippen molar-refractivity contribution < 1.29 is 36.9 Å². The second-order valence-corrected chi connectivity index (χ2v) is 5.02. The Morgan fingerprint density at radius 1 is 1.38 bits per heavy atom. The minimum absolute atomic E-state index is 0. The average Bonchev–Trinajstić information content (AvgIpc) is 2.17. The van der Waals surface area contributed by atoms with E-state index in [2.05, 4.69) is 16.8 Å². The summed E-state index contributed by atoms with van der Waals surface area (Å²) in [5.74, 6) is -0.212. The van der Waals surface area contributed by atoms with Crippen molar-refractivity contribution in [2.24, 2.45) is 0 Å². The number of carbonyl (C=O) groups excluding carboxylic acids is 1. The normalized spacial score (nSPS) is 10.7. The van der Waals surface area contributed by atoms with E-state index in [1.165, 1.54) is 25.1 Å². The predicted octanol–water partition coefficient (Wildman–Crippen LogP) is 1.51. The van der Waals surface area contributed by atoms with Crippen molar-refractivity contribution in [1.29, 1.82) is 0 Å². The zero-order chi connectivity index (χ0) is 11.6. The van der Waals surface area contributed by atoms with Gasteiger partial charge < -0.3 is 0 Å². The Kier molecular flexibility index (Phi) is 5.83. The molecule has 7 heteroatoms. The van der Waals surface area contributed by atoms with Gasteiger partial charge in [0.1, 0.15) is 4.90 Å². The maximum Gasteiger partial charge on any atom is 0.297 e. The summed E-state index contributed by atoms with van der Waals surface area (Å²) in [6.07, 6.45) is 0. The molecule has 0 amide bonds. The Morgan fingerprint density at radius 2 is 1.94 bits per heavy atom. The molecule has 1 rings (SSSR count). The Labute approximate surface area is 113 Å². The molecule has 0 spiro atoms. The minimum Gasteiger partial charge on any atom is -0.295 e. The molecule has 0 saturated carbocycles. The second kappa shape index (κ2) is 5.91. The van der Waals surface area contributed by atoms with Gasteiger partial charge in [-0.15, -0.1) is 12.6 Å². The molecular formula is C9H10O4S2Zn. The number of benzene rings is 1. The van der Waals surface area contributed by atoms with E-state index in [0.717, 1.165) is 7.11 Å². The van der Waals surface area contributed by atoms with Crippen LogP contribution in [0.15, 0.2) is 28.0 Å². The molecule has 0 heterocycles. The number of hydrogen-bond donors (Lipinski definition) is 1. The summed E-state index contributed by atoms with van der Waals surface area (Å²) < 4.78 is 27.2. The Balaban J connectivity index is 0.00000225. The molecule has 0 aliphatic rings. The van der Waals surface area contributed by atoms with E-state index in [9.17, 15) is 13.2 Å². The molecule has 1 aromatic carbocycles. The summed E-state index contributed by atoms with van der Waals surface area (Å²) in [6, 6.07) is 4.22. The molecular weight excluding hydrogens is 302 g/mol. The third kappa shape index (κ3) is 3.38. The Hall–Kier alpha value is -0.227. The number of rotatable bonds is 3. The summed E-state index contributed by atoms with van der Waals surface area (Å²) in [5, 5.41) is 0. The van der Waals surface area contributed by atoms with Crippen LogP contribution in [0.25, 0.3) is 0 Å². The van der Waals surface area contributed by atoms with Crippen LogP contribution >= 0.6 is 12.6 Å². The van der Waals surface area contributed by atoms with Gasteiger partial charge in [-0.3, -0.25) is 8.98 Å². The Morgan fingerprint density at radius 3 is 2.38 bits per heavy atom. The van der Waals surface area contributed by atoms with Crippen LogP contribution in [0.1, 0.15) is 17.3 Å².